The molecule has 0 aliphatic heterocycles. The summed E-state index contributed by atoms with van der Waals surface area (Å²) in [6.45, 7) is 6.16. The lowest BCUT2D eigenvalue weighted by molar-refractivity contribution is -0.141. The SMILES string of the molecule is CCOc1ccccc1/C=C/C(=O)OC(C)C. The zero-order valence-corrected chi connectivity index (χ0v) is 10.5. The maximum absolute atomic E-state index is 11.3. The number of benzene rings is 1. The molecule has 1 aromatic carbocycles. The highest BCUT2D eigenvalue weighted by Crippen LogP contribution is 2.19. The molecule has 0 saturated heterocycles. The summed E-state index contributed by atoms with van der Waals surface area (Å²) in [7, 11) is 0. The van der Waals surface area contributed by atoms with Crippen molar-refractivity contribution in [1.82, 2.24) is 0 Å². The van der Waals surface area contributed by atoms with Gasteiger partial charge in [-0.1, -0.05) is 18.2 Å². The van der Waals surface area contributed by atoms with E-state index in [1.807, 2.05) is 45.0 Å². The molecule has 0 saturated carbocycles. The van der Waals surface area contributed by atoms with E-state index in [-0.39, 0.29) is 12.1 Å². The van der Waals surface area contributed by atoms with Crippen molar-refractivity contribution in [2.75, 3.05) is 6.61 Å². The van der Waals surface area contributed by atoms with Crippen molar-refractivity contribution < 1.29 is 14.3 Å². The first-order valence-electron chi connectivity index (χ1n) is 5.74. The summed E-state index contributed by atoms with van der Waals surface area (Å²) in [5.41, 5.74) is 0.870. The number of rotatable bonds is 5. The standard InChI is InChI=1S/C14H18O3/c1-4-16-13-8-6-5-7-12(13)9-10-14(15)17-11(2)3/h5-11H,4H2,1-3H3/b10-9+. The normalized spacial score (nSPS) is 10.8. The molecule has 0 aromatic heterocycles. The summed E-state index contributed by atoms with van der Waals surface area (Å²) >= 11 is 0. The van der Waals surface area contributed by atoms with Gasteiger partial charge in [0.2, 0.25) is 0 Å². The van der Waals surface area contributed by atoms with E-state index < -0.39 is 0 Å². The molecule has 1 rings (SSSR count). The molecule has 0 fully saturated rings. The lowest BCUT2D eigenvalue weighted by Crippen LogP contribution is -2.08. The summed E-state index contributed by atoms with van der Waals surface area (Å²) in [5.74, 6) is 0.426. The van der Waals surface area contributed by atoms with Crippen molar-refractivity contribution in [3.8, 4) is 5.75 Å². The molecule has 0 heterocycles. The Hall–Kier alpha value is -1.77. The van der Waals surface area contributed by atoms with Crippen molar-refractivity contribution in [2.24, 2.45) is 0 Å². The molecule has 17 heavy (non-hydrogen) atoms. The van der Waals surface area contributed by atoms with Gasteiger partial charge in [0, 0.05) is 11.6 Å². The zero-order valence-electron chi connectivity index (χ0n) is 10.5. The fourth-order valence-corrected chi connectivity index (χ4v) is 1.33. The van der Waals surface area contributed by atoms with E-state index in [2.05, 4.69) is 0 Å². The number of hydrogen-bond acceptors (Lipinski definition) is 3. The Bertz CT molecular complexity index is 394. The second-order valence-corrected chi connectivity index (χ2v) is 3.79. The highest BCUT2D eigenvalue weighted by Gasteiger charge is 2.02. The Kier molecular flexibility index (Phi) is 5.27. The van der Waals surface area contributed by atoms with Gasteiger partial charge >= 0.3 is 5.97 Å². The molecule has 0 spiro atoms. The highest BCUT2D eigenvalue weighted by atomic mass is 16.5. The number of ether oxygens (including phenoxy) is 2. The summed E-state index contributed by atoms with van der Waals surface area (Å²) in [4.78, 5) is 11.3. The largest absolute Gasteiger partial charge is 0.493 e. The van der Waals surface area contributed by atoms with Gasteiger partial charge in [0.25, 0.3) is 0 Å². The van der Waals surface area contributed by atoms with Gasteiger partial charge in [-0.15, -0.1) is 0 Å². The van der Waals surface area contributed by atoms with Crippen molar-refractivity contribution >= 4 is 12.0 Å². The molecular formula is C14H18O3. The lowest BCUT2D eigenvalue weighted by atomic mass is 10.2. The second kappa shape index (κ2) is 6.74. The van der Waals surface area contributed by atoms with Gasteiger partial charge in [0.05, 0.1) is 12.7 Å². The summed E-state index contributed by atoms with van der Waals surface area (Å²) in [5, 5.41) is 0. The quantitative estimate of drug-likeness (QED) is 0.580. The van der Waals surface area contributed by atoms with E-state index in [0.717, 1.165) is 11.3 Å². The van der Waals surface area contributed by atoms with Crippen LogP contribution < -0.4 is 4.74 Å². The third kappa shape index (κ3) is 4.72. The van der Waals surface area contributed by atoms with Crippen molar-refractivity contribution in [1.29, 1.82) is 0 Å². The highest BCUT2D eigenvalue weighted by molar-refractivity contribution is 5.87. The molecule has 0 N–H and O–H groups in total. The Morgan fingerprint density at radius 2 is 2.06 bits per heavy atom. The van der Waals surface area contributed by atoms with Gasteiger partial charge in [-0.25, -0.2) is 4.79 Å². The van der Waals surface area contributed by atoms with E-state index in [4.69, 9.17) is 9.47 Å². The molecule has 0 atom stereocenters. The van der Waals surface area contributed by atoms with Crippen LogP contribution in [0.2, 0.25) is 0 Å². The fraction of sp³-hybridized carbons (Fsp3) is 0.357. The number of para-hydroxylation sites is 1. The molecular weight excluding hydrogens is 216 g/mol. The minimum atomic E-state index is -0.341. The Morgan fingerprint density at radius 1 is 1.35 bits per heavy atom. The van der Waals surface area contributed by atoms with E-state index in [0.29, 0.717) is 6.61 Å². The topological polar surface area (TPSA) is 35.5 Å². The number of hydrogen-bond donors (Lipinski definition) is 0. The van der Waals surface area contributed by atoms with Gasteiger partial charge in [0.15, 0.2) is 0 Å². The van der Waals surface area contributed by atoms with Crippen LogP contribution in [0, 0.1) is 0 Å². The van der Waals surface area contributed by atoms with Crippen LogP contribution in [0.1, 0.15) is 26.3 Å². The van der Waals surface area contributed by atoms with Crippen LogP contribution in [0.25, 0.3) is 6.08 Å². The van der Waals surface area contributed by atoms with Crippen LogP contribution in [-0.2, 0) is 9.53 Å². The van der Waals surface area contributed by atoms with Crippen LogP contribution in [-0.4, -0.2) is 18.7 Å². The van der Waals surface area contributed by atoms with E-state index in [1.54, 1.807) is 6.08 Å². The van der Waals surface area contributed by atoms with Crippen LogP contribution in [0.5, 0.6) is 5.75 Å². The van der Waals surface area contributed by atoms with Gasteiger partial charge < -0.3 is 9.47 Å². The Balaban J connectivity index is 2.73. The minimum absolute atomic E-state index is 0.103. The zero-order chi connectivity index (χ0) is 12.7. The van der Waals surface area contributed by atoms with Gasteiger partial charge in [0.1, 0.15) is 5.75 Å². The molecule has 0 bridgehead atoms. The third-order valence-corrected chi connectivity index (χ3v) is 1.97. The van der Waals surface area contributed by atoms with Gasteiger partial charge in [-0.05, 0) is 32.9 Å². The predicted molar refractivity (Wildman–Crippen MR) is 67.9 cm³/mol. The molecule has 92 valence electrons. The summed E-state index contributed by atoms with van der Waals surface area (Å²) in [6.07, 6.45) is 3.02. The first kappa shape index (κ1) is 13.3. The predicted octanol–water partition coefficient (Wildman–Crippen LogP) is 3.05. The Morgan fingerprint density at radius 3 is 2.71 bits per heavy atom. The van der Waals surface area contributed by atoms with Gasteiger partial charge in [-0.3, -0.25) is 0 Å². The second-order valence-electron chi connectivity index (χ2n) is 3.79. The number of esters is 1. The van der Waals surface area contributed by atoms with E-state index >= 15 is 0 Å². The molecule has 1 aromatic rings. The average molecular weight is 234 g/mol. The van der Waals surface area contributed by atoms with E-state index in [1.165, 1.54) is 6.08 Å². The van der Waals surface area contributed by atoms with Gasteiger partial charge in [-0.2, -0.15) is 0 Å². The summed E-state index contributed by atoms with van der Waals surface area (Å²) < 4.78 is 10.5. The Labute approximate surface area is 102 Å². The monoisotopic (exact) mass is 234 g/mol. The molecule has 0 amide bonds. The fourth-order valence-electron chi connectivity index (χ4n) is 1.33. The third-order valence-electron chi connectivity index (χ3n) is 1.97. The van der Waals surface area contributed by atoms with Crippen molar-refractivity contribution in [3.05, 3.63) is 35.9 Å². The molecule has 0 radical (unpaired) electrons. The first-order valence-corrected chi connectivity index (χ1v) is 5.74. The maximum Gasteiger partial charge on any atom is 0.331 e. The maximum atomic E-state index is 11.3. The number of carbonyl (C=O) groups excluding carboxylic acids is 1. The van der Waals surface area contributed by atoms with Crippen LogP contribution in [0.4, 0.5) is 0 Å². The molecule has 3 nitrogen and oxygen atoms in total. The van der Waals surface area contributed by atoms with Crippen LogP contribution >= 0.6 is 0 Å². The minimum Gasteiger partial charge on any atom is -0.493 e. The first-order chi connectivity index (χ1) is 8.13. The molecule has 3 heteroatoms. The molecule has 0 unspecified atom stereocenters. The van der Waals surface area contributed by atoms with Crippen molar-refractivity contribution in [3.63, 3.8) is 0 Å². The van der Waals surface area contributed by atoms with Crippen LogP contribution in [0.15, 0.2) is 30.3 Å². The average Bonchev–Trinajstić information content (AvgIpc) is 2.27. The number of carbonyl (C=O) groups is 1. The van der Waals surface area contributed by atoms with Crippen LogP contribution in [0.3, 0.4) is 0 Å². The molecule has 0 aliphatic carbocycles. The van der Waals surface area contributed by atoms with E-state index in [9.17, 15) is 4.79 Å². The summed E-state index contributed by atoms with van der Waals surface area (Å²) in [6, 6.07) is 7.56. The lowest BCUT2D eigenvalue weighted by Gasteiger charge is -2.07. The molecule has 0 aliphatic rings. The van der Waals surface area contributed by atoms with Crippen molar-refractivity contribution in [2.45, 2.75) is 26.9 Å². The smallest absolute Gasteiger partial charge is 0.331 e.